The third-order valence-electron chi connectivity index (χ3n) is 5.58. The molecule has 4 rings (SSSR count). The smallest absolute Gasteiger partial charge is 0.430 e. The molecule has 0 saturated carbocycles. The molecular weight excluding hydrogens is 379 g/mol. The summed E-state index contributed by atoms with van der Waals surface area (Å²) in [5, 5.41) is 34.5. The number of rotatable bonds is 5. The first-order valence-electron chi connectivity index (χ1n) is 9.67. The maximum absolute atomic E-state index is 12.3. The Morgan fingerprint density at radius 2 is 2.10 bits per heavy atom. The Morgan fingerprint density at radius 1 is 1.34 bits per heavy atom. The van der Waals surface area contributed by atoms with Crippen LogP contribution in [0.25, 0.3) is 0 Å². The SMILES string of the molecule is C.O=C([O-])c1c(OC2CN(C(=O)CC3CCCN3)C2)ccc2c1O[B-](O)(O)CC2. The van der Waals surface area contributed by atoms with E-state index >= 15 is 0 Å². The minimum atomic E-state index is -3.10. The molecule has 3 aliphatic heterocycles. The van der Waals surface area contributed by atoms with Gasteiger partial charge in [0.25, 0.3) is 0 Å². The van der Waals surface area contributed by atoms with Crippen molar-refractivity contribution in [1.82, 2.24) is 10.2 Å². The molecule has 1 unspecified atom stereocenters. The zero-order valence-corrected chi connectivity index (χ0v) is 15.4. The molecular formula is C19H27BN2O7-2. The molecule has 2 fully saturated rings. The molecule has 9 nitrogen and oxygen atoms in total. The van der Waals surface area contributed by atoms with Crippen LogP contribution >= 0.6 is 0 Å². The lowest BCUT2D eigenvalue weighted by atomic mass is 9.70. The van der Waals surface area contributed by atoms with E-state index in [9.17, 15) is 24.7 Å². The van der Waals surface area contributed by atoms with Crippen molar-refractivity contribution in [2.24, 2.45) is 0 Å². The summed E-state index contributed by atoms with van der Waals surface area (Å²) in [6, 6.07) is 3.40. The molecule has 29 heavy (non-hydrogen) atoms. The van der Waals surface area contributed by atoms with E-state index in [1.165, 1.54) is 6.07 Å². The van der Waals surface area contributed by atoms with Gasteiger partial charge in [0.1, 0.15) is 11.9 Å². The number of likely N-dealkylation sites (tertiary alicyclic amines) is 1. The number of amides is 1. The highest BCUT2D eigenvalue weighted by atomic mass is 16.6. The molecule has 3 heterocycles. The van der Waals surface area contributed by atoms with Crippen molar-refractivity contribution in [2.45, 2.75) is 51.6 Å². The second kappa shape index (κ2) is 8.21. The molecule has 0 radical (unpaired) electrons. The van der Waals surface area contributed by atoms with Gasteiger partial charge >= 0.3 is 6.75 Å². The summed E-state index contributed by atoms with van der Waals surface area (Å²) in [6.07, 6.45) is 2.49. The van der Waals surface area contributed by atoms with Crippen molar-refractivity contribution in [3.8, 4) is 11.5 Å². The second-order valence-corrected chi connectivity index (χ2v) is 7.77. The fourth-order valence-corrected chi connectivity index (χ4v) is 3.99. The van der Waals surface area contributed by atoms with Crippen LogP contribution in [0, 0.1) is 0 Å². The predicted molar refractivity (Wildman–Crippen MR) is 103 cm³/mol. The number of hydrogen-bond acceptors (Lipinski definition) is 8. The van der Waals surface area contributed by atoms with Gasteiger partial charge in [-0.1, -0.05) is 19.8 Å². The van der Waals surface area contributed by atoms with Gasteiger partial charge in [0.05, 0.1) is 30.4 Å². The van der Waals surface area contributed by atoms with E-state index in [4.69, 9.17) is 9.39 Å². The summed E-state index contributed by atoms with van der Waals surface area (Å²) in [6.45, 7) is -1.40. The molecule has 2 saturated heterocycles. The molecule has 160 valence electrons. The lowest BCUT2D eigenvalue weighted by Crippen LogP contribution is -2.57. The number of carbonyl (C=O) groups excluding carboxylic acids is 2. The fraction of sp³-hybridized carbons (Fsp3) is 0.579. The van der Waals surface area contributed by atoms with Gasteiger partial charge in [-0.2, -0.15) is 0 Å². The molecule has 1 amide bonds. The van der Waals surface area contributed by atoms with Crippen LogP contribution in [-0.4, -0.2) is 65.4 Å². The summed E-state index contributed by atoms with van der Waals surface area (Å²) >= 11 is 0. The van der Waals surface area contributed by atoms with Gasteiger partial charge in [-0.25, -0.2) is 0 Å². The Kier molecular flexibility index (Phi) is 6.07. The third-order valence-corrected chi connectivity index (χ3v) is 5.58. The number of ether oxygens (including phenoxy) is 1. The van der Waals surface area contributed by atoms with Gasteiger partial charge < -0.3 is 39.6 Å². The Morgan fingerprint density at radius 3 is 2.76 bits per heavy atom. The second-order valence-electron chi connectivity index (χ2n) is 7.77. The first-order chi connectivity index (χ1) is 13.3. The first-order valence-corrected chi connectivity index (χ1v) is 9.67. The fourth-order valence-electron chi connectivity index (χ4n) is 3.99. The van der Waals surface area contributed by atoms with Crippen LogP contribution in [-0.2, 0) is 11.2 Å². The zero-order chi connectivity index (χ0) is 19.9. The first kappa shape index (κ1) is 21.4. The van der Waals surface area contributed by atoms with Crippen molar-refractivity contribution in [2.75, 3.05) is 19.6 Å². The Labute approximate surface area is 169 Å². The van der Waals surface area contributed by atoms with Gasteiger partial charge in [0.2, 0.25) is 5.91 Å². The van der Waals surface area contributed by atoms with Gasteiger partial charge in [-0.15, -0.1) is 0 Å². The summed E-state index contributed by atoms with van der Waals surface area (Å²) < 4.78 is 10.9. The highest BCUT2D eigenvalue weighted by molar-refractivity contribution is 6.59. The largest absolute Gasteiger partial charge is 0.669 e. The number of nitrogens with one attached hydrogen (secondary N) is 1. The van der Waals surface area contributed by atoms with Crippen LogP contribution in [0.3, 0.4) is 0 Å². The molecule has 0 aromatic heterocycles. The average molecular weight is 406 g/mol. The molecule has 0 spiro atoms. The molecule has 1 atom stereocenters. The summed E-state index contributed by atoms with van der Waals surface area (Å²) in [5.41, 5.74) is 0.230. The van der Waals surface area contributed by atoms with Crippen molar-refractivity contribution in [3.63, 3.8) is 0 Å². The quantitative estimate of drug-likeness (QED) is 0.546. The summed E-state index contributed by atoms with van der Waals surface area (Å²) in [5.74, 6) is -1.53. The zero-order valence-electron chi connectivity index (χ0n) is 15.4. The van der Waals surface area contributed by atoms with Gasteiger partial charge in [-0.3, -0.25) is 4.79 Å². The number of carbonyl (C=O) groups is 2. The third kappa shape index (κ3) is 4.49. The lowest BCUT2D eigenvalue weighted by molar-refractivity contribution is -0.255. The predicted octanol–water partition coefficient (Wildman–Crippen LogP) is -0.724. The van der Waals surface area contributed by atoms with Crippen molar-refractivity contribution < 1.29 is 34.1 Å². The van der Waals surface area contributed by atoms with E-state index in [2.05, 4.69) is 5.32 Å². The number of nitrogens with zero attached hydrogens (tertiary/aromatic N) is 1. The maximum atomic E-state index is 12.3. The van der Waals surface area contributed by atoms with E-state index < -0.39 is 12.7 Å². The molecule has 10 heteroatoms. The molecule has 1 aromatic rings. The highest BCUT2D eigenvalue weighted by Crippen LogP contribution is 2.38. The van der Waals surface area contributed by atoms with Crippen LogP contribution < -0.4 is 19.8 Å². The van der Waals surface area contributed by atoms with Crippen LogP contribution in [0.4, 0.5) is 0 Å². The van der Waals surface area contributed by atoms with Crippen LogP contribution in [0.5, 0.6) is 11.5 Å². The van der Waals surface area contributed by atoms with E-state index in [1.807, 2.05) is 0 Å². The van der Waals surface area contributed by atoms with Crippen molar-refractivity contribution in [3.05, 3.63) is 23.3 Å². The van der Waals surface area contributed by atoms with Crippen LogP contribution in [0.15, 0.2) is 12.1 Å². The Balaban J connectivity index is 0.00000240. The number of carboxylic acid groups (broad SMARTS) is 1. The van der Waals surface area contributed by atoms with E-state index in [1.54, 1.807) is 11.0 Å². The number of fused-ring (bicyclic) bond motifs is 1. The van der Waals surface area contributed by atoms with Gasteiger partial charge in [-0.05, 0) is 37.4 Å². The molecule has 3 aliphatic rings. The average Bonchev–Trinajstić information content (AvgIpc) is 3.08. The number of carboxylic acids is 1. The normalized spacial score (nSPS) is 22.7. The van der Waals surface area contributed by atoms with E-state index in [0.29, 0.717) is 25.1 Å². The number of aromatic carboxylic acids is 1. The van der Waals surface area contributed by atoms with E-state index in [0.717, 1.165) is 19.4 Å². The highest BCUT2D eigenvalue weighted by Gasteiger charge is 2.35. The van der Waals surface area contributed by atoms with Crippen molar-refractivity contribution >= 4 is 18.6 Å². The van der Waals surface area contributed by atoms with Crippen molar-refractivity contribution in [1.29, 1.82) is 0 Å². The molecule has 0 bridgehead atoms. The standard InChI is InChI=1S/C18H24BN2O7.CH4/c22-15(8-12-2-1-7-20-12)21-9-13(10-21)27-14-4-3-11-5-6-19(25,26)28-17(11)16(14)18(23)24;/h3-4,12-13,20,25-26H,1-2,5-10H2,(H,23,24);1H4/q-1;/p-1. The van der Waals surface area contributed by atoms with E-state index in [-0.39, 0.29) is 55.3 Å². The monoisotopic (exact) mass is 406 g/mol. The number of aryl methyl sites for hydroxylation is 1. The summed E-state index contributed by atoms with van der Waals surface area (Å²) in [7, 11) is 0. The molecule has 3 N–H and O–H groups in total. The topological polar surface area (TPSA) is 131 Å². The van der Waals surface area contributed by atoms with Gasteiger partial charge in [0.15, 0.2) is 0 Å². The van der Waals surface area contributed by atoms with Gasteiger partial charge in [0, 0.05) is 12.5 Å². The summed E-state index contributed by atoms with van der Waals surface area (Å²) in [4.78, 5) is 25.6. The lowest BCUT2D eigenvalue weighted by Gasteiger charge is -2.41. The number of hydrogen-bond donors (Lipinski definition) is 3. The minimum absolute atomic E-state index is 0. The maximum Gasteiger partial charge on any atom is 0.430 e. The molecule has 1 aromatic carbocycles. The Hall–Kier alpha value is -2.30. The number of benzene rings is 1. The van der Waals surface area contributed by atoms with Crippen LogP contribution in [0.1, 0.15) is 42.6 Å². The minimum Gasteiger partial charge on any atom is -0.669 e. The van der Waals surface area contributed by atoms with Crippen LogP contribution in [0.2, 0.25) is 6.32 Å². The Bertz CT molecular complexity index is 789. The molecule has 0 aliphatic carbocycles.